The maximum absolute atomic E-state index is 4.71. The van der Waals surface area contributed by atoms with Gasteiger partial charge >= 0.3 is 0 Å². The van der Waals surface area contributed by atoms with Crippen molar-refractivity contribution in [1.29, 1.82) is 0 Å². The van der Waals surface area contributed by atoms with Crippen LogP contribution in [0, 0.1) is 12.8 Å². The zero-order valence-electron chi connectivity index (χ0n) is 11.7. The zero-order valence-corrected chi connectivity index (χ0v) is 12.5. The Bertz CT molecular complexity index is 561. The van der Waals surface area contributed by atoms with Crippen molar-refractivity contribution in [2.24, 2.45) is 5.92 Å². The summed E-state index contributed by atoms with van der Waals surface area (Å²) in [6, 6.07) is 6.20. The SMILES string of the molecule is Cc1csc(Nc2cccc(CC3CCNCC3)n2)n1. The zero-order chi connectivity index (χ0) is 13.8. The molecule has 0 bridgehead atoms. The van der Waals surface area contributed by atoms with E-state index in [2.05, 4.69) is 27.8 Å². The molecule has 106 valence electrons. The Hall–Kier alpha value is -1.46. The van der Waals surface area contributed by atoms with Crippen LogP contribution in [0.1, 0.15) is 24.2 Å². The Kier molecular flexibility index (Phi) is 4.28. The van der Waals surface area contributed by atoms with E-state index in [0.29, 0.717) is 0 Å². The quantitative estimate of drug-likeness (QED) is 0.907. The minimum absolute atomic E-state index is 0.765. The van der Waals surface area contributed by atoms with E-state index in [0.717, 1.165) is 42.1 Å². The molecule has 2 aromatic heterocycles. The summed E-state index contributed by atoms with van der Waals surface area (Å²) in [4.78, 5) is 9.12. The summed E-state index contributed by atoms with van der Waals surface area (Å²) in [5.74, 6) is 1.66. The third-order valence-electron chi connectivity index (χ3n) is 3.62. The molecule has 5 heteroatoms. The first-order chi connectivity index (χ1) is 9.79. The smallest absolute Gasteiger partial charge is 0.188 e. The molecule has 3 rings (SSSR count). The number of anilines is 2. The Labute approximate surface area is 123 Å². The van der Waals surface area contributed by atoms with Crippen molar-refractivity contribution in [3.05, 3.63) is 35.0 Å². The summed E-state index contributed by atoms with van der Waals surface area (Å²) in [5, 5.41) is 9.65. The molecule has 2 N–H and O–H groups in total. The molecule has 3 heterocycles. The predicted octanol–water partition coefficient (Wildman–Crippen LogP) is 3.13. The van der Waals surface area contributed by atoms with Gasteiger partial charge in [-0.15, -0.1) is 11.3 Å². The molecule has 2 aromatic rings. The molecule has 4 nitrogen and oxygen atoms in total. The molecular formula is C15H20N4S. The van der Waals surface area contributed by atoms with E-state index in [-0.39, 0.29) is 0 Å². The van der Waals surface area contributed by atoms with Crippen LogP contribution in [-0.4, -0.2) is 23.1 Å². The molecule has 1 aliphatic heterocycles. The van der Waals surface area contributed by atoms with Crippen LogP contribution in [0.3, 0.4) is 0 Å². The van der Waals surface area contributed by atoms with Crippen molar-refractivity contribution in [1.82, 2.24) is 15.3 Å². The molecule has 1 fully saturated rings. The Morgan fingerprint density at radius 1 is 1.30 bits per heavy atom. The fourth-order valence-corrected chi connectivity index (χ4v) is 3.26. The lowest BCUT2D eigenvalue weighted by Crippen LogP contribution is -2.28. The average molecular weight is 288 g/mol. The van der Waals surface area contributed by atoms with Gasteiger partial charge in [-0.25, -0.2) is 9.97 Å². The molecule has 0 saturated carbocycles. The standard InChI is InChI=1S/C15H20N4S/c1-11-10-20-15(17-11)19-14-4-2-3-13(18-14)9-12-5-7-16-8-6-12/h2-4,10,12,16H,5-9H2,1H3,(H,17,18,19). The van der Waals surface area contributed by atoms with Crippen LogP contribution in [-0.2, 0) is 6.42 Å². The van der Waals surface area contributed by atoms with Gasteiger partial charge in [0.2, 0.25) is 0 Å². The van der Waals surface area contributed by atoms with Crippen LogP contribution in [0.4, 0.5) is 10.9 Å². The highest BCUT2D eigenvalue weighted by molar-refractivity contribution is 7.13. The molecule has 1 aliphatic rings. The maximum atomic E-state index is 4.71. The molecule has 20 heavy (non-hydrogen) atoms. The maximum Gasteiger partial charge on any atom is 0.188 e. The first kappa shape index (κ1) is 13.5. The van der Waals surface area contributed by atoms with E-state index in [1.807, 2.05) is 18.4 Å². The summed E-state index contributed by atoms with van der Waals surface area (Å²) >= 11 is 1.62. The second-order valence-electron chi connectivity index (χ2n) is 5.33. The first-order valence-electron chi connectivity index (χ1n) is 7.15. The number of piperidine rings is 1. The number of nitrogens with one attached hydrogen (secondary N) is 2. The molecule has 1 saturated heterocycles. The highest BCUT2D eigenvalue weighted by atomic mass is 32.1. The fourth-order valence-electron chi connectivity index (χ4n) is 2.57. The number of nitrogens with zero attached hydrogens (tertiary/aromatic N) is 2. The predicted molar refractivity (Wildman–Crippen MR) is 83.7 cm³/mol. The van der Waals surface area contributed by atoms with Gasteiger partial charge in [-0.1, -0.05) is 6.07 Å². The van der Waals surface area contributed by atoms with Crippen LogP contribution in [0.2, 0.25) is 0 Å². The third kappa shape index (κ3) is 3.55. The van der Waals surface area contributed by atoms with Gasteiger partial charge < -0.3 is 10.6 Å². The number of aromatic nitrogens is 2. The van der Waals surface area contributed by atoms with Crippen molar-refractivity contribution >= 4 is 22.3 Å². The second-order valence-corrected chi connectivity index (χ2v) is 6.19. The molecular weight excluding hydrogens is 268 g/mol. The minimum atomic E-state index is 0.765. The second kappa shape index (κ2) is 6.33. The number of aryl methyl sites for hydroxylation is 1. The summed E-state index contributed by atoms with van der Waals surface area (Å²) < 4.78 is 0. The van der Waals surface area contributed by atoms with Crippen LogP contribution < -0.4 is 10.6 Å². The van der Waals surface area contributed by atoms with Gasteiger partial charge in [0.1, 0.15) is 5.82 Å². The number of hydrogen-bond donors (Lipinski definition) is 2. The minimum Gasteiger partial charge on any atom is -0.317 e. The number of rotatable bonds is 4. The molecule has 0 amide bonds. The van der Waals surface area contributed by atoms with E-state index < -0.39 is 0 Å². The van der Waals surface area contributed by atoms with Crippen molar-refractivity contribution in [3.63, 3.8) is 0 Å². The van der Waals surface area contributed by atoms with E-state index in [1.54, 1.807) is 11.3 Å². The summed E-state index contributed by atoms with van der Waals surface area (Å²) in [5.41, 5.74) is 2.22. The lowest BCUT2D eigenvalue weighted by Gasteiger charge is -2.22. The lowest BCUT2D eigenvalue weighted by molar-refractivity contribution is 0.370. The molecule has 0 aliphatic carbocycles. The topological polar surface area (TPSA) is 49.8 Å². The number of hydrogen-bond acceptors (Lipinski definition) is 5. The summed E-state index contributed by atoms with van der Waals surface area (Å²) in [6.45, 7) is 4.28. The van der Waals surface area contributed by atoms with Gasteiger partial charge in [0, 0.05) is 11.1 Å². The Balaban J connectivity index is 1.65. The van der Waals surface area contributed by atoms with Gasteiger partial charge in [0.05, 0.1) is 5.69 Å². The van der Waals surface area contributed by atoms with Crippen LogP contribution in [0.15, 0.2) is 23.6 Å². The van der Waals surface area contributed by atoms with E-state index in [9.17, 15) is 0 Å². The number of pyridine rings is 1. The van der Waals surface area contributed by atoms with Crippen molar-refractivity contribution in [2.75, 3.05) is 18.4 Å². The molecule has 0 atom stereocenters. The van der Waals surface area contributed by atoms with Crippen molar-refractivity contribution < 1.29 is 0 Å². The highest BCUT2D eigenvalue weighted by Gasteiger charge is 2.14. The fraction of sp³-hybridized carbons (Fsp3) is 0.467. The monoisotopic (exact) mass is 288 g/mol. The largest absolute Gasteiger partial charge is 0.317 e. The summed E-state index contributed by atoms with van der Waals surface area (Å²) in [6.07, 6.45) is 3.59. The van der Waals surface area contributed by atoms with Crippen LogP contribution in [0.5, 0.6) is 0 Å². The van der Waals surface area contributed by atoms with Gasteiger partial charge in [0.15, 0.2) is 5.13 Å². The van der Waals surface area contributed by atoms with E-state index in [4.69, 9.17) is 4.98 Å². The highest BCUT2D eigenvalue weighted by Crippen LogP contribution is 2.21. The van der Waals surface area contributed by atoms with Gasteiger partial charge in [-0.2, -0.15) is 0 Å². The van der Waals surface area contributed by atoms with E-state index in [1.165, 1.54) is 18.5 Å². The normalized spacial score (nSPS) is 16.2. The summed E-state index contributed by atoms with van der Waals surface area (Å²) in [7, 11) is 0. The van der Waals surface area contributed by atoms with Gasteiger partial charge in [-0.05, 0) is 57.3 Å². The Morgan fingerprint density at radius 3 is 2.90 bits per heavy atom. The van der Waals surface area contributed by atoms with Gasteiger partial charge in [-0.3, -0.25) is 0 Å². The Morgan fingerprint density at radius 2 is 2.15 bits per heavy atom. The van der Waals surface area contributed by atoms with Crippen molar-refractivity contribution in [3.8, 4) is 0 Å². The van der Waals surface area contributed by atoms with E-state index >= 15 is 0 Å². The molecule has 0 radical (unpaired) electrons. The molecule has 0 aromatic carbocycles. The average Bonchev–Trinajstić information content (AvgIpc) is 2.86. The number of thiazole rings is 1. The molecule has 0 unspecified atom stereocenters. The third-order valence-corrected chi connectivity index (χ3v) is 4.49. The molecule has 0 spiro atoms. The van der Waals surface area contributed by atoms with Crippen LogP contribution >= 0.6 is 11.3 Å². The van der Waals surface area contributed by atoms with Crippen molar-refractivity contribution in [2.45, 2.75) is 26.2 Å². The lowest BCUT2D eigenvalue weighted by atomic mass is 9.93. The van der Waals surface area contributed by atoms with Gasteiger partial charge in [0.25, 0.3) is 0 Å². The first-order valence-corrected chi connectivity index (χ1v) is 8.03. The van der Waals surface area contributed by atoms with Crippen LogP contribution in [0.25, 0.3) is 0 Å².